The minimum Gasteiger partial charge on any atom is -0.337 e. The first-order valence-corrected chi connectivity index (χ1v) is 9.90. The van der Waals surface area contributed by atoms with E-state index >= 15 is 0 Å². The van der Waals surface area contributed by atoms with E-state index in [-0.39, 0.29) is 11.3 Å². The molecule has 1 saturated heterocycles. The van der Waals surface area contributed by atoms with E-state index in [9.17, 15) is 4.79 Å². The number of nitrogens with zero attached hydrogens (tertiary/aromatic N) is 4. The molecule has 1 aromatic carbocycles. The highest BCUT2D eigenvalue weighted by Crippen LogP contribution is 2.25. The molecule has 1 fully saturated rings. The molecule has 146 valence electrons. The van der Waals surface area contributed by atoms with Crippen LogP contribution < -0.4 is 5.73 Å². The van der Waals surface area contributed by atoms with E-state index in [1.54, 1.807) is 0 Å². The molecule has 1 aliphatic rings. The zero-order chi connectivity index (χ0) is 19.6. The minimum atomic E-state index is -0.0213. The Hall–Kier alpha value is -2.21. The van der Waals surface area contributed by atoms with Gasteiger partial charge in [0.1, 0.15) is 0 Å². The van der Waals surface area contributed by atoms with Crippen LogP contribution in [0.5, 0.6) is 0 Å². The van der Waals surface area contributed by atoms with Gasteiger partial charge in [-0.3, -0.25) is 4.79 Å². The lowest BCUT2D eigenvalue weighted by Crippen LogP contribution is -2.31. The first kappa shape index (κ1) is 19.5. The first-order chi connectivity index (χ1) is 12.8. The molecular formula is C21H31N5O. The van der Waals surface area contributed by atoms with E-state index in [0.717, 1.165) is 37.2 Å². The second kappa shape index (κ2) is 7.80. The molecule has 2 heterocycles. The second-order valence-corrected chi connectivity index (χ2v) is 8.48. The third-order valence-corrected chi connectivity index (χ3v) is 5.34. The summed E-state index contributed by atoms with van der Waals surface area (Å²) >= 11 is 0. The standard InChI is InChI=1S/C21H31N5O/c1-5-6-18-19(20(27)25-12-11-15(13-22)14-25)23-24-26(18)17-9-7-16(8-10-17)21(2,3)4/h7-10,15H,5-6,11-14,22H2,1-4H3. The summed E-state index contributed by atoms with van der Waals surface area (Å²) in [5.41, 5.74) is 9.45. The molecule has 0 bridgehead atoms. The van der Waals surface area contributed by atoms with Crippen LogP contribution in [0, 0.1) is 5.92 Å². The summed E-state index contributed by atoms with van der Waals surface area (Å²) in [6, 6.07) is 8.37. The van der Waals surface area contributed by atoms with Crippen molar-refractivity contribution in [3.8, 4) is 5.69 Å². The number of benzene rings is 1. The predicted octanol–water partition coefficient (Wildman–Crippen LogP) is 2.94. The van der Waals surface area contributed by atoms with Gasteiger partial charge in [-0.2, -0.15) is 0 Å². The van der Waals surface area contributed by atoms with Gasteiger partial charge in [-0.05, 0) is 48.4 Å². The van der Waals surface area contributed by atoms with Gasteiger partial charge in [0.15, 0.2) is 5.69 Å². The molecule has 0 saturated carbocycles. The first-order valence-electron chi connectivity index (χ1n) is 9.90. The summed E-state index contributed by atoms with van der Waals surface area (Å²) in [4.78, 5) is 14.9. The van der Waals surface area contributed by atoms with Crippen LogP contribution in [0.1, 0.15) is 62.3 Å². The van der Waals surface area contributed by atoms with Crippen molar-refractivity contribution < 1.29 is 4.79 Å². The minimum absolute atomic E-state index is 0.0213. The van der Waals surface area contributed by atoms with Crippen LogP contribution in [0.4, 0.5) is 0 Å². The highest BCUT2D eigenvalue weighted by molar-refractivity contribution is 5.93. The number of amides is 1. The lowest BCUT2D eigenvalue weighted by Gasteiger charge is -2.19. The number of hydrogen-bond acceptors (Lipinski definition) is 4. The Labute approximate surface area is 161 Å². The Morgan fingerprint density at radius 2 is 1.96 bits per heavy atom. The zero-order valence-corrected chi connectivity index (χ0v) is 16.9. The molecule has 1 atom stereocenters. The van der Waals surface area contributed by atoms with Gasteiger partial charge in [-0.1, -0.05) is 51.5 Å². The van der Waals surface area contributed by atoms with Crippen LogP contribution in [-0.2, 0) is 11.8 Å². The zero-order valence-electron chi connectivity index (χ0n) is 16.9. The number of aromatic nitrogens is 3. The smallest absolute Gasteiger partial charge is 0.276 e. The summed E-state index contributed by atoms with van der Waals surface area (Å²) in [6.07, 6.45) is 2.66. The van der Waals surface area contributed by atoms with Crippen molar-refractivity contribution in [3.05, 3.63) is 41.2 Å². The topological polar surface area (TPSA) is 77.0 Å². The van der Waals surface area contributed by atoms with Crippen LogP contribution in [0.25, 0.3) is 5.69 Å². The van der Waals surface area contributed by atoms with Crippen molar-refractivity contribution in [1.82, 2.24) is 19.9 Å². The molecule has 1 aromatic heterocycles. The second-order valence-electron chi connectivity index (χ2n) is 8.48. The fourth-order valence-corrected chi connectivity index (χ4v) is 3.60. The SMILES string of the molecule is CCCc1c(C(=O)N2CCC(CN)C2)nnn1-c1ccc(C(C)(C)C)cc1. The largest absolute Gasteiger partial charge is 0.337 e. The van der Waals surface area contributed by atoms with E-state index in [0.29, 0.717) is 24.7 Å². The quantitative estimate of drug-likeness (QED) is 0.879. The van der Waals surface area contributed by atoms with E-state index in [1.165, 1.54) is 5.56 Å². The van der Waals surface area contributed by atoms with Gasteiger partial charge in [0.05, 0.1) is 11.4 Å². The summed E-state index contributed by atoms with van der Waals surface area (Å²) in [6.45, 7) is 10.8. The summed E-state index contributed by atoms with van der Waals surface area (Å²) in [5, 5.41) is 8.59. The molecule has 2 aromatic rings. The summed E-state index contributed by atoms with van der Waals surface area (Å²) < 4.78 is 1.82. The number of rotatable bonds is 5. The number of hydrogen-bond donors (Lipinski definition) is 1. The van der Waals surface area contributed by atoms with Crippen LogP contribution >= 0.6 is 0 Å². The Balaban J connectivity index is 1.90. The van der Waals surface area contributed by atoms with Crippen LogP contribution in [0.15, 0.2) is 24.3 Å². The Kier molecular flexibility index (Phi) is 5.65. The number of likely N-dealkylation sites (tertiary alicyclic amines) is 1. The van der Waals surface area contributed by atoms with Gasteiger partial charge in [0.2, 0.25) is 0 Å². The van der Waals surface area contributed by atoms with Crippen molar-refractivity contribution in [3.63, 3.8) is 0 Å². The van der Waals surface area contributed by atoms with Crippen LogP contribution in [0.2, 0.25) is 0 Å². The van der Waals surface area contributed by atoms with Gasteiger partial charge in [-0.25, -0.2) is 4.68 Å². The van der Waals surface area contributed by atoms with Gasteiger partial charge in [0, 0.05) is 13.1 Å². The van der Waals surface area contributed by atoms with Crippen molar-refractivity contribution in [1.29, 1.82) is 0 Å². The molecule has 1 unspecified atom stereocenters. The summed E-state index contributed by atoms with van der Waals surface area (Å²) in [5.74, 6) is 0.371. The maximum absolute atomic E-state index is 13.0. The van der Waals surface area contributed by atoms with E-state index in [1.807, 2.05) is 9.58 Å². The maximum atomic E-state index is 13.0. The lowest BCUT2D eigenvalue weighted by molar-refractivity contribution is 0.0780. The average molecular weight is 370 g/mol. The summed E-state index contributed by atoms with van der Waals surface area (Å²) in [7, 11) is 0. The molecule has 1 amide bonds. The fourth-order valence-electron chi connectivity index (χ4n) is 3.60. The molecule has 3 rings (SSSR count). The average Bonchev–Trinajstić information content (AvgIpc) is 3.28. The van der Waals surface area contributed by atoms with Gasteiger partial charge in [0.25, 0.3) is 5.91 Å². The van der Waals surface area contributed by atoms with Crippen molar-refractivity contribution in [2.24, 2.45) is 11.7 Å². The molecule has 6 nitrogen and oxygen atoms in total. The lowest BCUT2D eigenvalue weighted by atomic mass is 9.87. The number of carbonyl (C=O) groups is 1. The highest BCUT2D eigenvalue weighted by atomic mass is 16.2. The van der Waals surface area contributed by atoms with E-state index < -0.39 is 0 Å². The van der Waals surface area contributed by atoms with Crippen LogP contribution in [-0.4, -0.2) is 45.4 Å². The Morgan fingerprint density at radius 3 is 2.52 bits per heavy atom. The molecule has 1 aliphatic heterocycles. The Bertz CT molecular complexity index is 788. The van der Waals surface area contributed by atoms with Crippen LogP contribution in [0.3, 0.4) is 0 Å². The van der Waals surface area contributed by atoms with Crippen molar-refractivity contribution in [2.45, 2.75) is 52.4 Å². The third kappa shape index (κ3) is 4.05. The maximum Gasteiger partial charge on any atom is 0.276 e. The van der Waals surface area contributed by atoms with E-state index in [2.05, 4.69) is 62.3 Å². The van der Waals surface area contributed by atoms with Gasteiger partial charge in [-0.15, -0.1) is 5.10 Å². The molecular weight excluding hydrogens is 338 g/mol. The van der Waals surface area contributed by atoms with Crippen molar-refractivity contribution >= 4 is 5.91 Å². The molecule has 0 aliphatic carbocycles. The molecule has 0 radical (unpaired) electrons. The number of nitrogens with two attached hydrogens (primary N) is 1. The normalized spacial score (nSPS) is 17.5. The predicted molar refractivity (Wildman–Crippen MR) is 107 cm³/mol. The molecule has 0 spiro atoms. The van der Waals surface area contributed by atoms with E-state index in [4.69, 9.17) is 5.73 Å². The van der Waals surface area contributed by atoms with Crippen molar-refractivity contribution in [2.75, 3.05) is 19.6 Å². The Morgan fingerprint density at radius 1 is 1.26 bits per heavy atom. The molecule has 27 heavy (non-hydrogen) atoms. The fraction of sp³-hybridized carbons (Fsp3) is 0.571. The van der Waals surface area contributed by atoms with Gasteiger partial charge >= 0.3 is 0 Å². The third-order valence-electron chi connectivity index (χ3n) is 5.34. The molecule has 6 heteroatoms. The molecule has 2 N–H and O–H groups in total. The highest BCUT2D eigenvalue weighted by Gasteiger charge is 2.30. The monoisotopic (exact) mass is 369 g/mol. The van der Waals surface area contributed by atoms with Gasteiger partial charge < -0.3 is 10.6 Å². The number of carbonyl (C=O) groups excluding carboxylic acids is 1.